The lowest BCUT2D eigenvalue weighted by molar-refractivity contribution is -0.167. The van der Waals surface area contributed by atoms with Crippen LogP contribution in [-0.4, -0.2) is 44.2 Å². The van der Waals surface area contributed by atoms with E-state index in [2.05, 4.69) is 31.1 Å². The van der Waals surface area contributed by atoms with Crippen molar-refractivity contribution in [3.63, 3.8) is 0 Å². The molecular weight excluding hydrogens is 350 g/mol. The van der Waals surface area contributed by atoms with Crippen LogP contribution in [0.25, 0.3) is 0 Å². The summed E-state index contributed by atoms with van der Waals surface area (Å²) in [5.74, 6) is 0.976. The first kappa shape index (κ1) is 22.8. The highest BCUT2D eigenvalue weighted by Crippen LogP contribution is 2.44. The Kier molecular flexibility index (Phi) is 9.45. The summed E-state index contributed by atoms with van der Waals surface area (Å²) in [6.45, 7) is 2.89. The molecule has 1 saturated carbocycles. The summed E-state index contributed by atoms with van der Waals surface area (Å²) < 4.78 is 11.5. The third kappa shape index (κ3) is 5.88. The van der Waals surface area contributed by atoms with E-state index in [1.165, 1.54) is 12.0 Å². The molecule has 0 radical (unpaired) electrons. The van der Waals surface area contributed by atoms with Gasteiger partial charge in [-0.2, -0.15) is 0 Å². The fourth-order valence-corrected chi connectivity index (χ4v) is 3.93. The number of methoxy groups -OCH3 is 1. The number of likely N-dealkylation sites (N-methyl/N-ethyl adjacent to an activating group) is 1. The maximum atomic E-state index is 12.4. The van der Waals surface area contributed by atoms with E-state index in [0.717, 1.165) is 44.4 Å². The summed E-state index contributed by atoms with van der Waals surface area (Å²) in [4.78, 5) is 14.6. The van der Waals surface area contributed by atoms with Crippen LogP contribution in [-0.2, 0) is 9.53 Å². The number of nitrogens with zero attached hydrogens (tertiary/aromatic N) is 1. The van der Waals surface area contributed by atoms with Crippen LogP contribution in [0, 0.1) is 0 Å². The molecule has 1 aliphatic rings. The molecule has 0 amide bonds. The lowest BCUT2D eigenvalue weighted by atomic mass is 9.72. The van der Waals surface area contributed by atoms with Gasteiger partial charge in [0.1, 0.15) is 11.4 Å². The number of hydrogen-bond acceptors (Lipinski definition) is 4. The number of esters is 1. The van der Waals surface area contributed by atoms with Gasteiger partial charge in [0.25, 0.3) is 0 Å². The Morgan fingerprint density at radius 2 is 1.77 bits per heavy atom. The predicted molar refractivity (Wildman–Crippen MR) is 108 cm³/mol. The number of halogens is 1. The van der Waals surface area contributed by atoms with E-state index < -0.39 is 0 Å². The minimum atomic E-state index is -0.386. The fraction of sp³-hybridized carbons (Fsp3) is 0.667. The van der Waals surface area contributed by atoms with Gasteiger partial charge in [-0.15, -0.1) is 12.4 Å². The molecular formula is C21H34ClNO3. The van der Waals surface area contributed by atoms with Crippen molar-refractivity contribution in [1.82, 2.24) is 4.90 Å². The first-order valence-corrected chi connectivity index (χ1v) is 9.51. The van der Waals surface area contributed by atoms with Crippen molar-refractivity contribution in [3.05, 3.63) is 29.8 Å². The monoisotopic (exact) mass is 383 g/mol. The highest BCUT2D eigenvalue weighted by molar-refractivity contribution is 5.85. The Labute approximate surface area is 164 Å². The van der Waals surface area contributed by atoms with Gasteiger partial charge in [0.15, 0.2) is 0 Å². The van der Waals surface area contributed by atoms with Gasteiger partial charge in [0.2, 0.25) is 0 Å². The maximum absolute atomic E-state index is 12.4. The number of carbonyl (C=O) groups is 1. The predicted octanol–water partition coefficient (Wildman–Crippen LogP) is 4.81. The number of hydrogen-bond donors (Lipinski definition) is 0. The molecule has 1 aromatic carbocycles. The fourth-order valence-electron chi connectivity index (χ4n) is 3.93. The Bertz CT molecular complexity index is 539. The molecule has 0 heterocycles. The van der Waals surface area contributed by atoms with E-state index >= 15 is 0 Å². The van der Waals surface area contributed by atoms with Gasteiger partial charge in [-0.1, -0.05) is 25.5 Å². The molecule has 0 aromatic heterocycles. The Morgan fingerprint density at radius 3 is 2.27 bits per heavy atom. The minimum Gasteiger partial charge on any atom is -0.497 e. The van der Waals surface area contributed by atoms with Crippen LogP contribution in [0.3, 0.4) is 0 Å². The number of ether oxygens (including phenoxy) is 2. The topological polar surface area (TPSA) is 38.8 Å². The Balaban J connectivity index is 0.00000338. The van der Waals surface area contributed by atoms with E-state index in [-0.39, 0.29) is 29.9 Å². The lowest BCUT2D eigenvalue weighted by Crippen LogP contribution is -2.46. The molecule has 1 aromatic rings. The van der Waals surface area contributed by atoms with Crippen LogP contribution in [0.15, 0.2) is 24.3 Å². The maximum Gasteiger partial charge on any atom is 0.306 e. The van der Waals surface area contributed by atoms with E-state index in [1.54, 1.807) is 7.11 Å². The van der Waals surface area contributed by atoms with Gasteiger partial charge < -0.3 is 14.4 Å². The smallest absolute Gasteiger partial charge is 0.306 e. The van der Waals surface area contributed by atoms with Crippen LogP contribution in [0.4, 0.5) is 0 Å². The van der Waals surface area contributed by atoms with Crippen molar-refractivity contribution >= 4 is 18.4 Å². The SMILES string of the molecule is CCCC(=O)OC1(C(CN(C)C)c2ccc(OC)cc2)CCCCC1.Cl. The van der Waals surface area contributed by atoms with Crippen molar-refractivity contribution in [2.45, 2.75) is 63.4 Å². The molecule has 0 bridgehead atoms. The molecule has 26 heavy (non-hydrogen) atoms. The summed E-state index contributed by atoms with van der Waals surface area (Å²) >= 11 is 0. The standard InChI is InChI=1S/C21H33NO3.ClH/c1-5-9-20(23)25-21(14-7-6-8-15-21)19(16-22(2)3)17-10-12-18(24-4)13-11-17;/h10-13,19H,5-9,14-16H2,1-4H3;1H. The lowest BCUT2D eigenvalue weighted by Gasteiger charge is -2.44. The zero-order valence-corrected chi connectivity index (χ0v) is 17.4. The van der Waals surface area contributed by atoms with Gasteiger partial charge in [-0.3, -0.25) is 4.79 Å². The molecule has 5 heteroatoms. The molecule has 1 fully saturated rings. The van der Waals surface area contributed by atoms with Crippen LogP contribution in [0.2, 0.25) is 0 Å². The van der Waals surface area contributed by atoms with Gasteiger partial charge in [-0.05, 0) is 63.9 Å². The van der Waals surface area contributed by atoms with Crippen molar-refractivity contribution in [3.8, 4) is 5.75 Å². The molecule has 0 spiro atoms. The second-order valence-corrected chi connectivity index (χ2v) is 7.44. The average Bonchev–Trinajstić information content (AvgIpc) is 2.60. The molecule has 0 N–H and O–H groups in total. The quantitative estimate of drug-likeness (QED) is 0.604. The summed E-state index contributed by atoms with van der Waals surface area (Å²) in [6, 6.07) is 8.25. The Morgan fingerprint density at radius 1 is 1.15 bits per heavy atom. The summed E-state index contributed by atoms with van der Waals surface area (Å²) in [5.41, 5.74) is 0.837. The summed E-state index contributed by atoms with van der Waals surface area (Å²) in [6.07, 6.45) is 6.71. The zero-order chi connectivity index (χ0) is 18.3. The van der Waals surface area contributed by atoms with Crippen molar-refractivity contribution in [1.29, 1.82) is 0 Å². The number of rotatable bonds is 8. The second-order valence-electron chi connectivity index (χ2n) is 7.44. The molecule has 148 valence electrons. The van der Waals surface area contributed by atoms with Crippen LogP contribution in [0.5, 0.6) is 5.75 Å². The van der Waals surface area contributed by atoms with Gasteiger partial charge in [-0.25, -0.2) is 0 Å². The molecule has 4 nitrogen and oxygen atoms in total. The molecule has 2 rings (SSSR count). The van der Waals surface area contributed by atoms with Gasteiger partial charge in [0.05, 0.1) is 7.11 Å². The molecule has 0 aliphatic heterocycles. The normalized spacial score (nSPS) is 17.3. The first-order chi connectivity index (χ1) is 12.0. The molecule has 1 aliphatic carbocycles. The van der Waals surface area contributed by atoms with Gasteiger partial charge in [0, 0.05) is 18.9 Å². The van der Waals surface area contributed by atoms with Gasteiger partial charge >= 0.3 is 5.97 Å². The Hall–Kier alpha value is -1.26. The molecule has 1 unspecified atom stereocenters. The van der Waals surface area contributed by atoms with Crippen molar-refractivity contribution in [2.75, 3.05) is 27.7 Å². The van der Waals surface area contributed by atoms with Crippen LogP contribution < -0.4 is 4.74 Å². The second kappa shape index (κ2) is 10.8. The zero-order valence-electron chi connectivity index (χ0n) is 16.6. The summed E-state index contributed by atoms with van der Waals surface area (Å²) in [7, 11) is 5.85. The van der Waals surface area contributed by atoms with E-state index in [1.807, 2.05) is 19.1 Å². The minimum absolute atomic E-state index is 0. The molecule has 1 atom stereocenters. The first-order valence-electron chi connectivity index (χ1n) is 9.51. The average molecular weight is 384 g/mol. The summed E-state index contributed by atoms with van der Waals surface area (Å²) in [5, 5.41) is 0. The highest BCUT2D eigenvalue weighted by Gasteiger charge is 2.44. The molecule has 0 saturated heterocycles. The number of carbonyl (C=O) groups excluding carboxylic acids is 1. The number of benzene rings is 1. The highest BCUT2D eigenvalue weighted by atomic mass is 35.5. The van der Waals surface area contributed by atoms with Crippen molar-refractivity contribution in [2.24, 2.45) is 0 Å². The third-order valence-corrected chi connectivity index (χ3v) is 5.17. The largest absolute Gasteiger partial charge is 0.497 e. The van der Waals surface area contributed by atoms with Crippen LogP contribution >= 0.6 is 12.4 Å². The third-order valence-electron chi connectivity index (χ3n) is 5.17. The van der Waals surface area contributed by atoms with Crippen molar-refractivity contribution < 1.29 is 14.3 Å². The van der Waals surface area contributed by atoms with E-state index in [9.17, 15) is 4.79 Å². The van der Waals surface area contributed by atoms with E-state index in [0.29, 0.717) is 6.42 Å². The van der Waals surface area contributed by atoms with E-state index in [4.69, 9.17) is 9.47 Å². The van der Waals surface area contributed by atoms with Crippen LogP contribution in [0.1, 0.15) is 63.4 Å².